The van der Waals surface area contributed by atoms with Gasteiger partial charge in [0.2, 0.25) is 5.91 Å². The number of carbonyl (C=O) groups is 2. The molecular formula is C20H28N6O3. The van der Waals surface area contributed by atoms with Crippen LogP contribution < -0.4 is 4.90 Å². The van der Waals surface area contributed by atoms with Crippen molar-refractivity contribution in [2.45, 2.75) is 40.5 Å². The van der Waals surface area contributed by atoms with Gasteiger partial charge >= 0.3 is 5.97 Å². The molecule has 1 amide bonds. The lowest BCUT2D eigenvalue weighted by molar-refractivity contribution is -0.143. The highest BCUT2D eigenvalue weighted by atomic mass is 16.5. The van der Waals surface area contributed by atoms with Crippen molar-refractivity contribution in [2.75, 3.05) is 37.7 Å². The molecule has 0 spiro atoms. The Labute approximate surface area is 170 Å². The summed E-state index contributed by atoms with van der Waals surface area (Å²) in [6, 6.07) is 0. The molecule has 0 aliphatic carbocycles. The Hall–Kier alpha value is -2.97. The summed E-state index contributed by atoms with van der Waals surface area (Å²) in [6.45, 7) is 10.5. The van der Waals surface area contributed by atoms with E-state index in [2.05, 4.69) is 20.0 Å². The highest BCUT2D eigenvalue weighted by Gasteiger charge is 2.26. The third-order valence-electron chi connectivity index (χ3n) is 4.89. The summed E-state index contributed by atoms with van der Waals surface area (Å²) in [5, 5.41) is 4.35. The lowest BCUT2D eigenvalue weighted by atomic mass is 10.1. The molecule has 1 fully saturated rings. The number of carbonyl (C=O) groups excluding carboxylic acids is 2. The standard InChI is InChI=1S/C20H28N6O3/c1-5-29-18(28)7-6-16-15(4)23-20-21-13-22-26(20)19(16)25-10-8-24(9-11-25)17(27)12-14(2)3/h12-13H,5-11H2,1-4H3. The maximum Gasteiger partial charge on any atom is 0.306 e. The van der Waals surface area contributed by atoms with E-state index in [1.807, 2.05) is 25.7 Å². The number of fused-ring (bicyclic) bond motifs is 1. The molecular weight excluding hydrogens is 372 g/mol. The zero-order valence-electron chi connectivity index (χ0n) is 17.5. The van der Waals surface area contributed by atoms with E-state index in [-0.39, 0.29) is 18.3 Å². The molecule has 1 aliphatic heterocycles. The highest BCUT2D eigenvalue weighted by Crippen LogP contribution is 2.26. The average molecular weight is 400 g/mol. The number of nitrogens with zero attached hydrogens (tertiary/aromatic N) is 6. The molecule has 2 aromatic rings. The van der Waals surface area contributed by atoms with E-state index in [0.717, 1.165) is 22.6 Å². The molecule has 3 rings (SSSR count). The number of ether oxygens (including phenoxy) is 1. The van der Waals surface area contributed by atoms with Crippen molar-refractivity contribution in [3.63, 3.8) is 0 Å². The van der Waals surface area contributed by atoms with Gasteiger partial charge in [-0.2, -0.15) is 14.6 Å². The van der Waals surface area contributed by atoms with Crippen LogP contribution >= 0.6 is 0 Å². The van der Waals surface area contributed by atoms with Crippen molar-refractivity contribution >= 4 is 23.5 Å². The van der Waals surface area contributed by atoms with Gasteiger partial charge in [0.05, 0.1) is 6.61 Å². The van der Waals surface area contributed by atoms with Crippen LogP contribution in [0.15, 0.2) is 18.0 Å². The average Bonchev–Trinajstić information content (AvgIpc) is 3.13. The third kappa shape index (κ3) is 4.72. The number of hydrogen-bond acceptors (Lipinski definition) is 7. The molecule has 0 atom stereocenters. The smallest absolute Gasteiger partial charge is 0.306 e. The molecule has 0 aromatic carbocycles. The number of piperazine rings is 1. The summed E-state index contributed by atoms with van der Waals surface area (Å²) < 4.78 is 6.80. The van der Waals surface area contributed by atoms with E-state index in [1.165, 1.54) is 6.33 Å². The fourth-order valence-corrected chi connectivity index (χ4v) is 3.52. The minimum atomic E-state index is -0.228. The monoisotopic (exact) mass is 400 g/mol. The maximum absolute atomic E-state index is 12.3. The molecule has 2 aromatic heterocycles. The van der Waals surface area contributed by atoms with E-state index in [1.54, 1.807) is 17.5 Å². The van der Waals surface area contributed by atoms with Gasteiger partial charge in [-0.25, -0.2) is 4.98 Å². The summed E-state index contributed by atoms with van der Waals surface area (Å²) in [5.74, 6) is 1.24. The minimum Gasteiger partial charge on any atom is -0.466 e. The van der Waals surface area contributed by atoms with Gasteiger partial charge in [0.25, 0.3) is 5.78 Å². The van der Waals surface area contributed by atoms with Gasteiger partial charge in [-0.15, -0.1) is 0 Å². The Morgan fingerprint density at radius 1 is 1.21 bits per heavy atom. The highest BCUT2D eigenvalue weighted by molar-refractivity contribution is 5.88. The molecule has 0 unspecified atom stereocenters. The van der Waals surface area contributed by atoms with Gasteiger partial charge in [0.1, 0.15) is 12.1 Å². The van der Waals surface area contributed by atoms with Gasteiger partial charge in [-0.1, -0.05) is 5.57 Å². The number of anilines is 1. The van der Waals surface area contributed by atoms with Crippen molar-refractivity contribution in [3.8, 4) is 0 Å². The second kappa shape index (κ2) is 9.02. The van der Waals surface area contributed by atoms with Gasteiger partial charge < -0.3 is 14.5 Å². The first-order chi connectivity index (χ1) is 13.9. The van der Waals surface area contributed by atoms with E-state index in [0.29, 0.717) is 45.0 Å². The predicted molar refractivity (Wildman–Crippen MR) is 109 cm³/mol. The molecule has 1 saturated heterocycles. The van der Waals surface area contributed by atoms with Crippen LogP contribution in [0.4, 0.5) is 5.82 Å². The lowest BCUT2D eigenvalue weighted by Crippen LogP contribution is -2.49. The number of esters is 1. The van der Waals surface area contributed by atoms with Crippen LogP contribution in [0.25, 0.3) is 5.78 Å². The Kier molecular flexibility index (Phi) is 6.46. The second-order valence-corrected chi connectivity index (χ2v) is 7.31. The zero-order chi connectivity index (χ0) is 21.0. The summed E-state index contributed by atoms with van der Waals surface area (Å²) in [6.07, 6.45) is 3.95. The van der Waals surface area contributed by atoms with Gasteiger partial charge in [-0.05, 0) is 34.1 Å². The largest absolute Gasteiger partial charge is 0.466 e. The van der Waals surface area contributed by atoms with Crippen LogP contribution in [0, 0.1) is 6.92 Å². The maximum atomic E-state index is 12.3. The molecule has 0 bridgehead atoms. The summed E-state index contributed by atoms with van der Waals surface area (Å²) in [4.78, 5) is 37.0. The number of allylic oxidation sites excluding steroid dienone is 1. The molecule has 9 nitrogen and oxygen atoms in total. The van der Waals surface area contributed by atoms with Crippen molar-refractivity contribution in [1.82, 2.24) is 24.5 Å². The van der Waals surface area contributed by atoms with Gasteiger partial charge in [0.15, 0.2) is 0 Å². The first kappa shape index (κ1) is 20.8. The Morgan fingerprint density at radius 2 is 1.93 bits per heavy atom. The van der Waals surface area contributed by atoms with Crippen LogP contribution in [0.5, 0.6) is 0 Å². The quantitative estimate of drug-likeness (QED) is 0.536. The van der Waals surface area contributed by atoms with Crippen LogP contribution in [0.1, 0.15) is 38.4 Å². The zero-order valence-corrected chi connectivity index (χ0v) is 17.5. The molecule has 29 heavy (non-hydrogen) atoms. The fraction of sp³-hybridized carbons (Fsp3) is 0.550. The minimum absolute atomic E-state index is 0.0454. The number of aryl methyl sites for hydroxylation is 1. The van der Waals surface area contributed by atoms with Crippen molar-refractivity contribution < 1.29 is 14.3 Å². The summed E-state index contributed by atoms with van der Waals surface area (Å²) >= 11 is 0. The summed E-state index contributed by atoms with van der Waals surface area (Å²) in [7, 11) is 0. The normalized spacial score (nSPS) is 14.2. The number of hydrogen-bond donors (Lipinski definition) is 0. The third-order valence-corrected chi connectivity index (χ3v) is 4.89. The molecule has 0 N–H and O–H groups in total. The van der Waals surface area contributed by atoms with Gasteiger partial charge in [0, 0.05) is 49.9 Å². The van der Waals surface area contributed by atoms with E-state index >= 15 is 0 Å². The SMILES string of the molecule is CCOC(=O)CCc1c(C)nc2ncnn2c1N1CCN(C(=O)C=C(C)C)CC1. The van der Waals surface area contributed by atoms with E-state index < -0.39 is 0 Å². The van der Waals surface area contributed by atoms with Crippen LogP contribution in [-0.2, 0) is 20.7 Å². The van der Waals surface area contributed by atoms with Crippen LogP contribution in [0.3, 0.4) is 0 Å². The summed E-state index contributed by atoms with van der Waals surface area (Å²) in [5.41, 5.74) is 2.78. The first-order valence-corrected chi connectivity index (χ1v) is 9.94. The first-order valence-electron chi connectivity index (χ1n) is 9.94. The Balaban J connectivity index is 1.85. The van der Waals surface area contributed by atoms with Crippen molar-refractivity contribution in [1.29, 1.82) is 0 Å². The van der Waals surface area contributed by atoms with Crippen molar-refractivity contribution in [2.24, 2.45) is 0 Å². The molecule has 0 radical (unpaired) electrons. The number of aromatic nitrogens is 4. The second-order valence-electron chi connectivity index (χ2n) is 7.31. The molecule has 1 aliphatic rings. The van der Waals surface area contributed by atoms with E-state index in [4.69, 9.17) is 4.74 Å². The van der Waals surface area contributed by atoms with Crippen LogP contribution in [0.2, 0.25) is 0 Å². The number of rotatable bonds is 6. The Morgan fingerprint density at radius 3 is 2.59 bits per heavy atom. The fourth-order valence-electron chi connectivity index (χ4n) is 3.52. The van der Waals surface area contributed by atoms with Gasteiger partial charge in [-0.3, -0.25) is 9.59 Å². The molecule has 3 heterocycles. The van der Waals surface area contributed by atoms with Crippen LogP contribution in [-0.4, -0.2) is 69.1 Å². The number of amides is 1. The van der Waals surface area contributed by atoms with Crippen molar-refractivity contribution in [3.05, 3.63) is 29.2 Å². The van der Waals surface area contributed by atoms with E-state index in [9.17, 15) is 9.59 Å². The molecule has 9 heteroatoms. The topological polar surface area (TPSA) is 92.9 Å². The lowest BCUT2D eigenvalue weighted by Gasteiger charge is -2.36. The predicted octanol–water partition coefficient (Wildman–Crippen LogP) is 1.54. The molecule has 0 saturated carbocycles. The Bertz CT molecular complexity index is 924. The molecule has 156 valence electrons.